The summed E-state index contributed by atoms with van der Waals surface area (Å²) in [6.07, 6.45) is 2.92. The number of carbonyl (C=O) groups excluding carboxylic acids is 3. The largest absolute Gasteiger partial charge is 0.321 e. The zero-order chi connectivity index (χ0) is 44.1. The van der Waals surface area contributed by atoms with Gasteiger partial charge < -0.3 is 10.6 Å². The normalized spacial score (nSPS) is 11.6. The van der Waals surface area contributed by atoms with E-state index in [1.54, 1.807) is 24.3 Å². The second kappa shape index (κ2) is 17.6. The van der Waals surface area contributed by atoms with Crippen LogP contribution in [0.5, 0.6) is 0 Å². The zero-order valence-corrected chi connectivity index (χ0v) is 34.8. The van der Waals surface area contributed by atoms with Crippen molar-refractivity contribution in [1.82, 2.24) is 9.97 Å². The molecule has 2 aromatic heterocycles. The first-order chi connectivity index (χ1) is 29.6. The molecular formula is C44H34N6O9S3. The van der Waals surface area contributed by atoms with Gasteiger partial charge in [0.15, 0.2) is 5.78 Å². The van der Waals surface area contributed by atoms with Gasteiger partial charge in [-0.25, -0.2) is 25.3 Å². The van der Waals surface area contributed by atoms with Gasteiger partial charge in [-0.05, 0) is 116 Å². The Bertz CT molecular complexity index is 3170. The van der Waals surface area contributed by atoms with Crippen LogP contribution in [0, 0.1) is 0 Å². The number of benzene rings is 5. The Morgan fingerprint density at radius 3 is 1.55 bits per heavy atom. The fourth-order valence-electron chi connectivity index (χ4n) is 6.16. The van der Waals surface area contributed by atoms with Crippen molar-refractivity contribution in [1.29, 1.82) is 0 Å². The van der Waals surface area contributed by atoms with E-state index in [1.807, 2.05) is 0 Å². The van der Waals surface area contributed by atoms with E-state index in [4.69, 9.17) is 0 Å². The Morgan fingerprint density at radius 1 is 0.500 bits per heavy atom. The van der Waals surface area contributed by atoms with Crippen LogP contribution in [0.4, 0.5) is 22.7 Å². The van der Waals surface area contributed by atoms with E-state index in [0.717, 1.165) is 0 Å². The minimum atomic E-state index is -4.47. The number of sulfone groups is 1. The summed E-state index contributed by atoms with van der Waals surface area (Å²) in [5.41, 5.74) is 0.947. The van der Waals surface area contributed by atoms with Crippen LogP contribution in [-0.4, -0.2) is 52.8 Å². The maximum Gasteiger partial charge on any atom is 0.274 e. The highest BCUT2D eigenvalue weighted by atomic mass is 32.2. The fourth-order valence-corrected chi connectivity index (χ4v) is 9.86. The minimum absolute atomic E-state index is 0.00180. The molecule has 62 heavy (non-hydrogen) atoms. The first kappa shape index (κ1) is 42.6. The van der Waals surface area contributed by atoms with Crippen LogP contribution in [0.1, 0.15) is 38.3 Å². The molecule has 15 nitrogen and oxygen atoms in total. The molecule has 2 amide bonds. The van der Waals surface area contributed by atoms with E-state index in [1.165, 1.54) is 147 Å². The third-order valence-corrected chi connectivity index (χ3v) is 13.8. The third-order valence-electron chi connectivity index (χ3n) is 9.20. The Hall–Kier alpha value is -7.54. The Balaban J connectivity index is 1.14. The minimum Gasteiger partial charge on any atom is -0.321 e. The van der Waals surface area contributed by atoms with E-state index in [0.29, 0.717) is 11.4 Å². The smallest absolute Gasteiger partial charge is 0.274 e. The van der Waals surface area contributed by atoms with Gasteiger partial charge in [-0.3, -0.25) is 33.8 Å². The van der Waals surface area contributed by atoms with Crippen LogP contribution in [0.25, 0.3) is 11.1 Å². The number of amides is 2. The quantitative estimate of drug-likeness (QED) is 0.0793. The summed E-state index contributed by atoms with van der Waals surface area (Å²) >= 11 is 0. The molecule has 0 radical (unpaired) electrons. The lowest BCUT2D eigenvalue weighted by atomic mass is 9.99. The number of anilines is 4. The van der Waals surface area contributed by atoms with E-state index >= 15 is 0 Å². The van der Waals surface area contributed by atoms with Crippen molar-refractivity contribution in [3.63, 3.8) is 0 Å². The maximum atomic E-state index is 14.3. The summed E-state index contributed by atoms with van der Waals surface area (Å²) in [5, 5.41) is 5.28. The fraction of sp³-hybridized carbons (Fsp3) is 0.0227. The number of Topliss-reactive ketones (excluding diaryl/α,β-unsaturated/α-hetero) is 1. The molecule has 5 aromatic carbocycles. The van der Waals surface area contributed by atoms with Crippen molar-refractivity contribution in [2.24, 2.45) is 0 Å². The lowest BCUT2D eigenvalue weighted by Crippen LogP contribution is -2.17. The number of sulfonamides is 2. The second-order valence-corrected chi connectivity index (χ2v) is 18.7. The van der Waals surface area contributed by atoms with E-state index in [-0.39, 0.29) is 59.0 Å². The van der Waals surface area contributed by atoms with E-state index in [2.05, 4.69) is 30.0 Å². The first-order valence-electron chi connectivity index (χ1n) is 18.4. The van der Waals surface area contributed by atoms with Crippen molar-refractivity contribution >= 4 is 70.2 Å². The summed E-state index contributed by atoms with van der Waals surface area (Å²) in [6.45, 7) is 1.25. The van der Waals surface area contributed by atoms with Crippen LogP contribution in [0.3, 0.4) is 0 Å². The van der Waals surface area contributed by atoms with Crippen LogP contribution in [-0.2, 0) is 29.9 Å². The molecule has 0 unspecified atom stereocenters. The highest BCUT2D eigenvalue weighted by molar-refractivity contribution is 7.93. The number of aromatic nitrogens is 2. The SMILES string of the molecule is CC(=O)c1cccc(-c2cccc(S(=O)(=O)c3ccccc3NS(=O)(=O)c3ccc(NC(=O)c4ccccn4)cc3)c2)c1NS(=O)(=O)c1ccc(NC(=O)c2ccccn2)cc1. The molecule has 0 saturated carbocycles. The third kappa shape index (κ3) is 9.42. The number of hydrogen-bond donors (Lipinski definition) is 4. The highest BCUT2D eigenvalue weighted by Gasteiger charge is 2.27. The van der Waals surface area contributed by atoms with Crippen molar-refractivity contribution in [3.05, 3.63) is 181 Å². The first-order valence-corrected chi connectivity index (χ1v) is 22.9. The molecule has 0 saturated heterocycles. The Kier molecular flexibility index (Phi) is 12.1. The molecule has 18 heteroatoms. The van der Waals surface area contributed by atoms with Crippen LogP contribution in [0.2, 0.25) is 0 Å². The lowest BCUT2D eigenvalue weighted by Gasteiger charge is -2.17. The number of pyridine rings is 2. The molecule has 0 spiro atoms. The number of nitrogens with one attached hydrogen (secondary N) is 4. The number of para-hydroxylation sites is 2. The average molecular weight is 887 g/mol. The Labute approximate surface area is 357 Å². The molecule has 312 valence electrons. The average Bonchev–Trinajstić information content (AvgIpc) is 3.27. The molecule has 7 aromatic rings. The summed E-state index contributed by atoms with van der Waals surface area (Å²) < 4.78 is 88.2. The number of carbonyl (C=O) groups is 3. The van der Waals surface area contributed by atoms with Gasteiger partial charge in [-0.2, -0.15) is 0 Å². The number of nitrogens with zero attached hydrogens (tertiary/aromatic N) is 2. The molecule has 0 atom stereocenters. The summed E-state index contributed by atoms with van der Waals surface area (Å²) in [4.78, 5) is 44.9. The van der Waals surface area contributed by atoms with Gasteiger partial charge in [0, 0.05) is 34.9 Å². The highest BCUT2D eigenvalue weighted by Crippen LogP contribution is 2.37. The lowest BCUT2D eigenvalue weighted by molar-refractivity contribution is 0.101. The second-order valence-electron chi connectivity index (χ2n) is 13.4. The number of hydrogen-bond acceptors (Lipinski definition) is 11. The van der Waals surface area contributed by atoms with Crippen molar-refractivity contribution in [3.8, 4) is 11.1 Å². The molecule has 0 fully saturated rings. The van der Waals surface area contributed by atoms with Gasteiger partial charge in [0.1, 0.15) is 11.4 Å². The number of ketones is 1. The van der Waals surface area contributed by atoms with E-state index in [9.17, 15) is 39.6 Å². The van der Waals surface area contributed by atoms with Gasteiger partial charge in [0.25, 0.3) is 31.9 Å². The molecule has 7 rings (SSSR count). The Morgan fingerprint density at radius 2 is 1.02 bits per heavy atom. The summed E-state index contributed by atoms with van der Waals surface area (Å²) in [7, 11) is -13.2. The van der Waals surface area contributed by atoms with Gasteiger partial charge in [-0.15, -0.1) is 0 Å². The monoisotopic (exact) mass is 886 g/mol. The molecule has 0 aliphatic heterocycles. The van der Waals surface area contributed by atoms with Crippen LogP contribution >= 0.6 is 0 Å². The molecular weight excluding hydrogens is 853 g/mol. The van der Waals surface area contributed by atoms with Crippen molar-refractivity contribution in [2.75, 3.05) is 20.1 Å². The van der Waals surface area contributed by atoms with Crippen LogP contribution < -0.4 is 20.1 Å². The molecule has 0 bridgehead atoms. The predicted octanol–water partition coefficient (Wildman–Crippen LogP) is 7.29. The van der Waals surface area contributed by atoms with Crippen molar-refractivity contribution in [2.45, 2.75) is 26.5 Å². The summed E-state index contributed by atoms with van der Waals surface area (Å²) in [5.74, 6) is -1.48. The molecule has 0 aliphatic rings. The van der Waals surface area contributed by atoms with Gasteiger partial charge >= 0.3 is 0 Å². The molecule has 4 N–H and O–H groups in total. The topological polar surface area (TPSA) is 228 Å². The van der Waals surface area contributed by atoms with E-state index < -0.39 is 47.5 Å². The summed E-state index contributed by atoms with van der Waals surface area (Å²) in [6, 6.07) is 35.7. The molecule has 2 heterocycles. The maximum absolute atomic E-state index is 14.3. The van der Waals surface area contributed by atoms with Crippen molar-refractivity contribution < 1.29 is 39.6 Å². The van der Waals surface area contributed by atoms with Gasteiger partial charge in [0.2, 0.25) is 9.84 Å². The predicted molar refractivity (Wildman–Crippen MR) is 233 cm³/mol. The zero-order valence-electron chi connectivity index (χ0n) is 32.4. The van der Waals surface area contributed by atoms with Gasteiger partial charge in [-0.1, -0.05) is 48.5 Å². The number of rotatable bonds is 14. The molecule has 0 aliphatic carbocycles. The van der Waals surface area contributed by atoms with Crippen LogP contribution in [0.15, 0.2) is 184 Å². The standard InChI is InChI=1S/C44H34N6O9S3/c1-29(51)36-12-9-13-37(42(36)50-62(58,59)34-24-20-32(21-25-34)48-44(53)40-16-5-7-27-46-40)30-10-8-11-35(28-30)60(54,55)41-17-3-2-14-38(41)49-61(56,57)33-22-18-31(19-23-33)47-43(52)39-15-4-6-26-45-39/h2-28,49-50H,1H3,(H,47,52)(H,48,53). The van der Waals surface area contributed by atoms with Gasteiger partial charge in [0.05, 0.1) is 31.0 Å².